The van der Waals surface area contributed by atoms with E-state index in [1.165, 1.54) is 4.90 Å². The molecule has 2 amide bonds. The number of ether oxygens (including phenoxy) is 1. The predicted molar refractivity (Wildman–Crippen MR) is 120 cm³/mol. The molecule has 0 heterocycles. The summed E-state index contributed by atoms with van der Waals surface area (Å²) in [6.45, 7) is 4.78. The average molecular weight is 414 g/mol. The van der Waals surface area contributed by atoms with Gasteiger partial charge in [0.25, 0.3) is 11.8 Å². The quantitative estimate of drug-likeness (QED) is 0.673. The predicted octanol–water partition coefficient (Wildman–Crippen LogP) is 3.94. The number of hydrogen-bond donors (Lipinski definition) is 2. The number of rotatable bonds is 7. The molecule has 0 spiro atoms. The van der Waals surface area contributed by atoms with E-state index in [1.54, 1.807) is 56.6 Å². The van der Waals surface area contributed by atoms with Crippen LogP contribution >= 0.6 is 12.2 Å². The highest BCUT2D eigenvalue weighted by molar-refractivity contribution is 7.80. The molecule has 2 aromatic carbocycles. The molecule has 6 nitrogen and oxygen atoms in total. The first kappa shape index (κ1) is 22.4. The Bertz CT molecular complexity index is 881. The first-order valence-electron chi connectivity index (χ1n) is 9.43. The topological polar surface area (TPSA) is 70.7 Å². The molecule has 0 atom stereocenters. The highest BCUT2D eigenvalue weighted by Gasteiger charge is 2.14. The normalized spacial score (nSPS) is 10.4. The maximum absolute atomic E-state index is 12.6. The van der Waals surface area contributed by atoms with Crippen LogP contribution in [0, 0.1) is 5.92 Å². The largest absolute Gasteiger partial charge is 0.493 e. The number of para-hydroxylation sites is 1. The fourth-order valence-electron chi connectivity index (χ4n) is 2.51. The summed E-state index contributed by atoms with van der Waals surface area (Å²) >= 11 is 5.26. The summed E-state index contributed by atoms with van der Waals surface area (Å²) in [6, 6.07) is 14.0. The highest BCUT2D eigenvalue weighted by Crippen LogP contribution is 2.19. The van der Waals surface area contributed by atoms with Gasteiger partial charge in [-0.3, -0.25) is 14.9 Å². The molecule has 2 aromatic rings. The SMILES string of the molecule is CC(C)CCOc1ccccc1C(=O)NC(=S)Nc1cccc(C(=O)N(C)C)c1. The zero-order valence-electron chi connectivity index (χ0n) is 17.2. The lowest BCUT2D eigenvalue weighted by molar-refractivity contribution is 0.0827. The molecule has 29 heavy (non-hydrogen) atoms. The summed E-state index contributed by atoms with van der Waals surface area (Å²) in [5.41, 5.74) is 1.56. The lowest BCUT2D eigenvalue weighted by atomic mass is 10.1. The van der Waals surface area contributed by atoms with Crippen molar-refractivity contribution in [2.45, 2.75) is 20.3 Å². The number of benzene rings is 2. The second-order valence-electron chi connectivity index (χ2n) is 7.22. The van der Waals surface area contributed by atoms with E-state index in [0.717, 1.165) is 6.42 Å². The molecular formula is C22H27N3O3S. The summed E-state index contributed by atoms with van der Waals surface area (Å²) in [7, 11) is 3.38. The van der Waals surface area contributed by atoms with E-state index in [-0.39, 0.29) is 16.9 Å². The number of nitrogens with one attached hydrogen (secondary N) is 2. The average Bonchev–Trinajstić information content (AvgIpc) is 2.67. The van der Waals surface area contributed by atoms with E-state index < -0.39 is 0 Å². The van der Waals surface area contributed by atoms with Gasteiger partial charge < -0.3 is 15.0 Å². The van der Waals surface area contributed by atoms with E-state index in [9.17, 15) is 9.59 Å². The van der Waals surface area contributed by atoms with Crippen molar-refractivity contribution in [1.29, 1.82) is 0 Å². The molecule has 0 aliphatic carbocycles. The molecular weight excluding hydrogens is 386 g/mol. The van der Waals surface area contributed by atoms with Crippen molar-refractivity contribution < 1.29 is 14.3 Å². The monoisotopic (exact) mass is 413 g/mol. The van der Waals surface area contributed by atoms with E-state index in [4.69, 9.17) is 17.0 Å². The molecule has 0 unspecified atom stereocenters. The van der Waals surface area contributed by atoms with Gasteiger partial charge in [-0.05, 0) is 54.9 Å². The third kappa shape index (κ3) is 6.87. The van der Waals surface area contributed by atoms with Crippen molar-refractivity contribution in [2.24, 2.45) is 5.92 Å². The van der Waals surface area contributed by atoms with Gasteiger partial charge in [-0.25, -0.2) is 0 Å². The van der Waals surface area contributed by atoms with Crippen LogP contribution in [0.5, 0.6) is 5.75 Å². The molecule has 2 rings (SSSR count). The van der Waals surface area contributed by atoms with Gasteiger partial charge in [-0.2, -0.15) is 0 Å². The zero-order valence-corrected chi connectivity index (χ0v) is 18.0. The van der Waals surface area contributed by atoms with Crippen molar-refractivity contribution >= 4 is 34.8 Å². The minimum absolute atomic E-state index is 0.115. The van der Waals surface area contributed by atoms with Gasteiger partial charge in [0.2, 0.25) is 0 Å². The Balaban J connectivity index is 2.02. The van der Waals surface area contributed by atoms with E-state index in [2.05, 4.69) is 24.5 Å². The molecule has 7 heteroatoms. The Morgan fingerprint density at radius 1 is 1.10 bits per heavy atom. The maximum atomic E-state index is 12.6. The van der Waals surface area contributed by atoms with Crippen molar-refractivity contribution in [3.8, 4) is 5.75 Å². The minimum Gasteiger partial charge on any atom is -0.493 e. The van der Waals surface area contributed by atoms with Crippen LogP contribution in [0.2, 0.25) is 0 Å². The van der Waals surface area contributed by atoms with Gasteiger partial charge in [-0.15, -0.1) is 0 Å². The second kappa shape index (κ2) is 10.6. The van der Waals surface area contributed by atoms with Crippen molar-refractivity contribution in [1.82, 2.24) is 10.2 Å². The third-order valence-corrected chi connectivity index (χ3v) is 4.29. The zero-order chi connectivity index (χ0) is 21.4. The Morgan fingerprint density at radius 3 is 2.52 bits per heavy atom. The van der Waals surface area contributed by atoms with Crippen molar-refractivity contribution in [3.63, 3.8) is 0 Å². The number of hydrogen-bond acceptors (Lipinski definition) is 4. The van der Waals surface area contributed by atoms with Crippen LogP contribution in [0.25, 0.3) is 0 Å². The fourth-order valence-corrected chi connectivity index (χ4v) is 2.72. The molecule has 0 aromatic heterocycles. The van der Waals surface area contributed by atoms with Crippen molar-refractivity contribution in [3.05, 3.63) is 59.7 Å². The fraction of sp³-hybridized carbons (Fsp3) is 0.318. The van der Waals surface area contributed by atoms with Crippen LogP contribution in [0.15, 0.2) is 48.5 Å². The van der Waals surface area contributed by atoms with E-state index in [1.807, 2.05) is 6.07 Å². The number of thiocarbonyl (C=S) groups is 1. The van der Waals surface area contributed by atoms with Gasteiger partial charge in [0.1, 0.15) is 5.75 Å². The molecule has 2 N–H and O–H groups in total. The Labute approximate surface area is 177 Å². The molecule has 0 saturated heterocycles. The first-order chi connectivity index (χ1) is 13.8. The van der Waals surface area contributed by atoms with Gasteiger partial charge in [0, 0.05) is 25.3 Å². The lowest BCUT2D eigenvalue weighted by Crippen LogP contribution is -2.34. The molecule has 154 valence electrons. The smallest absolute Gasteiger partial charge is 0.261 e. The molecule has 0 fully saturated rings. The Kier molecular flexibility index (Phi) is 8.15. The third-order valence-electron chi connectivity index (χ3n) is 4.09. The standard InChI is InChI=1S/C22H27N3O3S/c1-15(2)12-13-28-19-11-6-5-10-18(19)20(26)24-22(29)23-17-9-7-8-16(14-17)21(27)25(3)4/h5-11,14-15H,12-13H2,1-4H3,(H2,23,24,26,29). The Hall–Kier alpha value is -2.93. The number of nitrogens with zero attached hydrogens (tertiary/aromatic N) is 1. The molecule has 0 radical (unpaired) electrons. The first-order valence-corrected chi connectivity index (χ1v) is 9.84. The summed E-state index contributed by atoms with van der Waals surface area (Å²) < 4.78 is 5.77. The second-order valence-corrected chi connectivity index (χ2v) is 7.62. The van der Waals surface area contributed by atoms with Gasteiger partial charge in [0.15, 0.2) is 5.11 Å². The number of amides is 2. The van der Waals surface area contributed by atoms with Crippen LogP contribution in [0.3, 0.4) is 0 Å². The highest BCUT2D eigenvalue weighted by atomic mass is 32.1. The van der Waals surface area contributed by atoms with Crippen LogP contribution < -0.4 is 15.4 Å². The number of anilines is 1. The molecule has 0 aliphatic rings. The molecule has 0 saturated carbocycles. The summed E-state index contributed by atoms with van der Waals surface area (Å²) in [6.07, 6.45) is 0.901. The van der Waals surface area contributed by atoms with Gasteiger partial charge in [0.05, 0.1) is 12.2 Å². The lowest BCUT2D eigenvalue weighted by Gasteiger charge is -2.14. The van der Waals surface area contributed by atoms with E-state index in [0.29, 0.717) is 35.1 Å². The van der Waals surface area contributed by atoms with Crippen molar-refractivity contribution in [2.75, 3.05) is 26.0 Å². The molecule has 0 aliphatic heterocycles. The van der Waals surface area contributed by atoms with Gasteiger partial charge in [-0.1, -0.05) is 32.0 Å². The van der Waals surface area contributed by atoms with Crippen LogP contribution in [-0.2, 0) is 0 Å². The summed E-state index contributed by atoms with van der Waals surface area (Å²) in [5, 5.41) is 5.74. The summed E-state index contributed by atoms with van der Waals surface area (Å²) in [5.74, 6) is 0.564. The number of carbonyl (C=O) groups excluding carboxylic acids is 2. The van der Waals surface area contributed by atoms with Gasteiger partial charge >= 0.3 is 0 Å². The van der Waals surface area contributed by atoms with Crippen LogP contribution in [0.4, 0.5) is 5.69 Å². The van der Waals surface area contributed by atoms with Crippen LogP contribution in [-0.4, -0.2) is 42.5 Å². The maximum Gasteiger partial charge on any atom is 0.261 e. The van der Waals surface area contributed by atoms with Crippen LogP contribution in [0.1, 0.15) is 41.0 Å². The number of carbonyl (C=O) groups is 2. The summed E-state index contributed by atoms with van der Waals surface area (Å²) in [4.78, 5) is 26.2. The Morgan fingerprint density at radius 2 is 1.83 bits per heavy atom. The molecule has 0 bridgehead atoms. The minimum atomic E-state index is -0.358. The van der Waals surface area contributed by atoms with E-state index >= 15 is 0 Å².